The summed E-state index contributed by atoms with van der Waals surface area (Å²) in [7, 11) is 0. The van der Waals surface area contributed by atoms with Gasteiger partial charge < -0.3 is 29.0 Å². The first-order valence-electron chi connectivity index (χ1n) is 29.1. The van der Waals surface area contributed by atoms with Crippen LogP contribution in [0.15, 0.2) is 36.0 Å². The molecule has 0 radical (unpaired) electrons. The fourth-order valence-corrected chi connectivity index (χ4v) is 13.9. The molecule has 10 atom stereocenters. The van der Waals surface area contributed by atoms with E-state index < -0.39 is 0 Å². The molecule has 392 valence electrons. The molecule has 0 spiro atoms. The van der Waals surface area contributed by atoms with Crippen LogP contribution in [0.25, 0.3) is 0 Å². The number of ether oxygens (including phenoxy) is 5. The van der Waals surface area contributed by atoms with Gasteiger partial charge in [-0.25, -0.2) is 4.79 Å². The highest BCUT2D eigenvalue weighted by Crippen LogP contribution is 2.67. The van der Waals surface area contributed by atoms with Crippen molar-refractivity contribution >= 4 is 6.09 Å². The molecule has 2 unspecified atom stereocenters. The van der Waals surface area contributed by atoms with Gasteiger partial charge >= 0.3 is 6.09 Å². The van der Waals surface area contributed by atoms with E-state index in [0.29, 0.717) is 57.6 Å². The maximum Gasteiger partial charge on any atom is 0.407 e. The Morgan fingerprint density at radius 3 is 2.26 bits per heavy atom. The van der Waals surface area contributed by atoms with E-state index in [1.54, 1.807) is 5.57 Å². The quantitative estimate of drug-likeness (QED) is 0.0501. The third kappa shape index (κ3) is 18.7. The molecule has 0 bridgehead atoms. The molecule has 68 heavy (non-hydrogen) atoms. The van der Waals surface area contributed by atoms with Gasteiger partial charge in [0.05, 0.1) is 45.7 Å². The summed E-state index contributed by atoms with van der Waals surface area (Å²) < 4.78 is 30.1. The Hall–Kier alpha value is -1.71. The maximum atomic E-state index is 12.9. The van der Waals surface area contributed by atoms with Crippen molar-refractivity contribution in [1.29, 1.82) is 0 Å². The number of allylic oxidation sites excluding steroid dienone is 5. The zero-order chi connectivity index (χ0) is 48.5. The van der Waals surface area contributed by atoms with Crippen LogP contribution in [0.4, 0.5) is 4.79 Å². The van der Waals surface area contributed by atoms with Crippen LogP contribution in [-0.2, 0) is 23.7 Å². The molecule has 1 amide bonds. The van der Waals surface area contributed by atoms with E-state index in [9.17, 15) is 4.79 Å². The Balaban J connectivity index is 0.867. The minimum atomic E-state index is -0.318. The molecule has 0 aromatic carbocycles. The zero-order valence-corrected chi connectivity index (χ0v) is 45.2. The highest BCUT2D eigenvalue weighted by molar-refractivity contribution is 5.67. The SMILES string of the molecule is CCCCC/C=C\C/C=C\CCCCCCCCOCC(CN1CCCC1C)OCCOCCOCCNC(=O)O[C@H]1CC[C@@]2(C)C(=CC[C@H]3[C@@H]4CC[C@H]([C@H](C)CCCC(C)C)[C@@]4(C)CC[C@@H]32)C1. The van der Waals surface area contributed by atoms with Crippen LogP contribution in [0.2, 0.25) is 0 Å². The third-order valence-corrected chi connectivity index (χ3v) is 17.9. The molecule has 3 saturated carbocycles. The van der Waals surface area contributed by atoms with Gasteiger partial charge in [0.25, 0.3) is 0 Å². The minimum Gasteiger partial charge on any atom is -0.446 e. The molecule has 5 rings (SSSR count). The zero-order valence-electron chi connectivity index (χ0n) is 45.2. The number of hydrogen-bond donors (Lipinski definition) is 1. The lowest BCUT2D eigenvalue weighted by molar-refractivity contribution is -0.0583. The van der Waals surface area contributed by atoms with Crippen LogP contribution < -0.4 is 5.32 Å². The predicted molar refractivity (Wildman–Crippen MR) is 283 cm³/mol. The fraction of sp³-hybridized carbons (Fsp3) is 0.883. The van der Waals surface area contributed by atoms with Crippen molar-refractivity contribution in [3.63, 3.8) is 0 Å². The van der Waals surface area contributed by atoms with E-state index in [1.165, 1.54) is 128 Å². The molecule has 0 aromatic rings. The number of likely N-dealkylation sites (tertiary alicyclic amines) is 1. The molecule has 4 fully saturated rings. The maximum absolute atomic E-state index is 12.9. The van der Waals surface area contributed by atoms with Gasteiger partial charge in [0.1, 0.15) is 6.10 Å². The fourth-order valence-electron chi connectivity index (χ4n) is 13.9. The number of nitrogens with one attached hydrogen (secondary N) is 1. The Bertz CT molecular complexity index is 1460. The van der Waals surface area contributed by atoms with Crippen molar-refractivity contribution in [2.24, 2.45) is 46.3 Å². The summed E-state index contributed by atoms with van der Waals surface area (Å²) in [6.45, 7) is 23.6. The van der Waals surface area contributed by atoms with Crippen LogP contribution in [0.3, 0.4) is 0 Å². The molecular weight excluding hydrogens is 845 g/mol. The number of fused-ring (bicyclic) bond motifs is 5. The molecule has 0 aromatic heterocycles. The smallest absolute Gasteiger partial charge is 0.407 e. The van der Waals surface area contributed by atoms with Gasteiger partial charge in [-0.2, -0.15) is 0 Å². The molecule has 1 aliphatic heterocycles. The summed E-state index contributed by atoms with van der Waals surface area (Å²) in [4.78, 5) is 15.4. The highest BCUT2D eigenvalue weighted by atomic mass is 16.6. The summed E-state index contributed by atoms with van der Waals surface area (Å²) in [5.41, 5.74) is 2.34. The molecular formula is C60H106N2O6. The van der Waals surface area contributed by atoms with Gasteiger partial charge in [-0.3, -0.25) is 4.90 Å². The van der Waals surface area contributed by atoms with Crippen LogP contribution in [-0.4, -0.2) is 95.1 Å². The first-order valence-corrected chi connectivity index (χ1v) is 29.1. The van der Waals surface area contributed by atoms with Crippen LogP contribution >= 0.6 is 0 Å². The lowest BCUT2D eigenvalue weighted by Crippen LogP contribution is -2.51. The monoisotopic (exact) mass is 951 g/mol. The van der Waals surface area contributed by atoms with Crippen molar-refractivity contribution < 1.29 is 28.5 Å². The number of amides is 1. The number of rotatable bonds is 35. The van der Waals surface area contributed by atoms with Crippen LogP contribution in [0, 0.1) is 46.3 Å². The average Bonchev–Trinajstić information content (AvgIpc) is 3.90. The van der Waals surface area contributed by atoms with Gasteiger partial charge in [-0.05, 0) is 156 Å². The molecule has 1 N–H and O–H groups in total. The Kier molecular flexibility index (Phi) is 26.6. The van der Waals surface area contributed by atoms with Gasteiger partial charge in [0, 0.05) is 32.2 Å². The van der Waals surface area contributed by atoms with E-state index in [1.807, 2.05) is 0 Å². The Morgan fingerprint density at radius 2 is 1.51 bits per heavy atom. The lowest BCUT2D eigenvalue weighted by Gasteiger charge is -2.58. The normalized spacial score (nSPS) is 29.3. The first kappa shape index (κ1) is 57.2. The van der Waals surface area contributed by atoms with Gasteiger partial charge in [0.15, 0.2) is 0 Å². The van der Waals surface area contributed by atoms with E-state index in [4.69, 9.17) is 23.7 Å². The van der Waals surface area contributed by atoms with Crippen molar-refractivity contribution in [2.75, 3.05) is 65.9 Å². The summed E-state index contributed by atoms with van der Waals surface area (Å²) in [5, 5.41) is 2.94. The van der Waals surface area contributed by atoms with E-state index in [-0.39, 0.29) is 23.7 Å². The Labute approximate surface area is 418 Å². The van der Waals surface area contributed by atoms with Crippen molar-refractivity contribution in [3.05, 3.63) is 36.0 Å². The van der Waals surface area contributed by atoms with Crippen molar-refractivity contribution in [1.82, 2.24) is 10.2 Å². The molecule has 5 aliphatic rings. The average molecular weight is 952 g/mol. The van der Waals surface area contributed by atoms with Gasteiger partial charge in [0.2, 0.25) is 0 Å². The molecule has 8 nitrogen and oxygen atoms in total. The third-order valence-electron chi connectivity index (χ3n) is 17.9. The summed E-state index contributed by atoms with van der Waals surface area (Å²) in [5.74, 6) is 5.03. The lowest BCUT2D eigenvalue weighted by atomic mass is 9.47. The number of hydrogen-bond acceptors (Lipinski definition) is 7. The standard InChI is InChI=1S/C60H106N2O6/c1-8-9-10-11-12-13-14-15-16-17-18-19-20-21-22-23-39-66-47-53(46-62-38-25-28-50(62)5)67-44-43-65-42-41-64-40-37-61-58(63)68-52-33-35-59(6)51(45-52)29-30-54-56-32-31-55(49(4)27-24-26-48(2)3)60(56,7)36-34-57(54)59/h12-13,15-16,29,48-50,52-57H,8-11,14,17-28,30-47H2,1-7H3,(H,61,63)/b13-12-,16-15-/t49-,50?,52+,53?,54+,55-,56+,57+,59+,60-/m1/s1. The summed E-state index contributed by atoms with van der Waals surface area (Å²) in [6.07, 6.45) is 43.3. The van der Waals surface area contributed by atoms with Crippen molar-refractivity contribution in [3.8, 4) is 0 Å². The molecule has 1 heterocycles. The number of unbranched alkanes of at least 4 members (excludes halogenated alkanes) is 9. The minimum absolute atomic E-state index is 0.0376. The summed E-state index contributed by atoms with van der Waals surface area (Å²) in [6, 6.07) is 0.608. The largest absolute Gasteiger partial charge is 0.446 e. The van der Waals surface area contributed by atoms with Crippen LogP contribution in [0.5, 0.6) is 0 Å². The second-order valence-electron chi connectivity index (χ2n) is 23.3. The van der Waals surface area contributed by atoms with E-state index in [2.05, 4.69) is 89.1 Å². The van der Waals surface area contributed by atoms with E-state index in [0.717, 1.165) is 87.3 Å². The highest BCUT2D eigenvalue weighted by Gasteiger charge is 2.59. The topological polar surface area (TPSA) is 78.5 Å². The number of alkyl carbamates (subject to hydrolysis) is 1. The number of carbonyl (C=O) groups excluding carboxylic acids is 1. The summed E-state index contributed by atoms with van der Waals surface area (Å²) >= 11 is 0. The number of nitrogens with zero attached hydrogens (tertiary/aromatic N) is 1. The number of carbonyl (C=O) groups is 1. The van der Waals surface area contributed by atoms with E-state index >= 15 is 0 Å². The first-order chi connectivity index (χ1) is 33.0. The molecule has 8 heteroatoms. The van der Waals surface area contributed by atoms with Crippen molar-refractivity contribution in [2.45, 2.75) is 227 Å². The second-order valence-corrected chi connectivity index (χ2v) is 23.3. The Morgan fingerprint density at radius 1 is 0.779 bits per heavy atom. The van der Waals surface area contributed by atoms with Crippen LogP contribution in [0.1, 0.15) is 209 Å². The predicted octanol–water partition coefficient (Wildman–Crippen LogP) is 14.9. The van der Waals surface area contributed by atoms with Gasteiger partial charge in [-0.1, -0.05) is 135 Å². The second kappa shape index (κ2) is 31.7. The van der Waals surface area contributed by atoms with Gasteiger partial charge in [-0.15, -0.1) is 0 Å². The molecule has 4 aliphatic carbocycles. The molecule has 1 saturated heterocycles.